The van der Waals surface area contributed by atoms with Gasteiger partial charge in [-0.25, -0.2) is 0 Å². The molecule has 0 radical (unpaired) electrons. The van der Waals surface area contributed by atoms with Crippen molar-refractivity contribution in [1.82, 2.24) is 4.90 Å². The zero-order valence-electron chi connectivity index (χ0n) is 13.3. The Labute approximate surface area is 134 Å². The second-order valence-corrected chi connectivity index (χ2v) is 6.61. The van der Waals surface area contributed by atoms with Crippen LogP contribution in [0, 0.1) is 5.92 Å². The molecule has 1 amide bonds. The van der Waals surface area contributed by atoms with E-state index in [0.29, 0.717) is 0 Å². The Balaban J connectivity index is 2.01. The van der Waals surface area contributed by atoms with E-state index in [1.54, 1.807) is 4.90 Å². The number of aliphatic hydroxyl groups excluding tert-OH is 1. The van der Waals surface area contributed by atoms with Gasteiger partial charge in [0.15, 0.2) is 6.10 Å². The van der Waals surface area contributed by atoms with E-state index in [0.717, 1.165) is 5.56 Å². The number of amides is 1. The molecule has 6 heteroatoms. The Morgan fingerprint density at radius 3 is 2.17 bits per heavy atom. The molecule has 1 aliphatic rings. The summed E-state index contributed by atoms with van der Waals surface area (Å²) in [5.41, 5.74) is 0.152. The molecule has 0 spiro atoms. The zero-order chi connectivity index (χ0) is 17.3. The van der Waals surface area contributed by atoms with Crippen LogP contribution in [0.25, 0.3) is 0 Å². The number of alkyl halides is 3. The Morgan fingerprint density at radius 1 is 1.17 bits per heavy atom. The van der Waals surface area contributed by atoms with E-state index in [-0.39, 0.29) is 31.8 Å². The number of likely N-dealkylation sites (tertiary alicyclic amines) is 1. The molecular formula is C17H22F3NO2. The number of nitrogens with zero attached hydrogens (tertiary/aromatic N) is 1. The van der Waals surface area contributed by atoms with Crippen molar-refractivity contribution in [3.05, 3.63) is 35.9 Å². The van der Waals surface area contributed by atoms with Crippen molar-refractivity contribution in [2.45, 2.75) is 44.4 Å². The maximum atomic E-state index is 12.7. The first-order valence-corrected chi connectivity index (χ1v) is 7.73. The molecule has 1 fully saturated rings. The normalized spacial score (nSPS) is 18.8. The lowest BCUT2D eigenvalue weighted by molar-refractivity contribution is -0.223. The van der Waals surface area contributed by atoms with Gasteiger partial charge in [0.25, 0.3) is 0 Å². The minimum absolute atomic E-state index is 0.0938. The van der Waals surface area contributed by atoms with Crippen LogP contribution in [0.3, 0.4) is 0 Å². The van der Waals surface area contributed by atoms with Gasteiger partial charge in [-0.15, -0.1) is 0 Å². The lowest BCUT2D eigenvalue weighted by Gasteiger charge is -2.38. The molecule has 1 atom stereocenters. The number of halogens is 3. The Hall–Kier alpha value is -1.56. The Morgan fingerprint density at radius 2 is 1.70 bits per heavy atom. The van der Waals surface area contributed by atoms with Gasteiger partial charge in [0.05, 0.1) is 5.41 Å². The molecule has 1 saturated heterocycles. The molecule has 0 aromatic heterocycles. The predicted octanol–water partition coefficient (Wildman–Crippen LogP) is 3.13. The highest BCUT2D eigenvalue weighted by molar-refractivity contribution is 5.87. The molecular weight excluding hydrogens is 307 g/mol. The molecule has 1 N–H and O–H groups in total. The molecule has 0 bridgehead atoms. The first-order chi connectivity index (χ1) is 10.6. The van der Waals surface area contributed by atoms with E-state index < -0.39 is 23.6 Å². The number of carbonyl (C=O) groups is 1. The molecule has 1 aromatic rings. The Kier molecular flexibility index (Phi) is 5.04. The van der Waals surface area contributed by atoms with Gasteiger partial charge in [-0.1, -0.05) is 30.3 Å². The van der Waals surface area contributed by atoms with Crippen LogP contribution in [0.4, 0.5) is 13.2 Å². The standard InChI is InChI=1S/C17H22F3NO2/c1-16(2,13-6-4-3-5-7-13)15(23)21-10-8-12(9-11-21)14(22)17(18,19)20/h3-7,12,14,22H,8-11H2,1-2H3. The summed E-state index contributed by atoms with van der Waals surface area (Å²) in [7, 11) is 0. The first-order valence-electron chi connectivity index (χ1n) is 7.73. The summed E-state index contributed by atoms with van der Waals surface area (Å²) in [5, 5.41) is 9.34. The maximum absolute atomic E-state index is 12.7. The SMILES string of the molecule is CC(C)(C(=O)N1CCC(C(O)C(F)(F)F)CC1)c1ccccc1. The molecule has 0 aliphatic carbocycles. The average molecular weight is 329 g/mol. The third kappa shape index (κ3) is 3.86. The highest BCUT2D eigenvalue weighted by atomic mass is 19.4. The number of rotatable bonds is 3. The summed E-state index contributed by atoms with van der Waals surface area (Å²) in [4.78, 5) is 14.3. The van der Waals surface area contributed by atoms with Gasteiger partial charge in [-0.05, 0) is 38.2 Å². The summed E-state index contributed by atoms with van der Waals surface area (Å²) in [6.45, 7) is 4.13. The van der Waals surface area contributed by atoms with Crippen LogP contribution in [-0.4, -0.2) is 41.3 Å². The summed E-state index contributed by atoms with van der Waals surface area (Å²) in [6.07, 6.45) is -6.57. The largest absolute Gasteiger partial charge is 0.414 e. The molecule has 3 nitrogen and oxygen atoms in total. The minimum atomic E-state index is -4.60. The van der Waals surface area contributed by atoms with Gasteiger partial charge in [-0.2, -0.15) is 13.2 Å². The summed E-state index contributed by atoms with van der Waals surface area (Å²) in [6, 6.07) is 9.33. The average Bonchev–Trinajstić information content (AvgIpc) is 2.53. The van der Waals surface area contributed by atoms with Gasteiger partial charge < -0.3 is 10.0 Å². The number of benzene rings is 1. The second kappa shape index (κ2) is 6.51. The molecule has 1 aliphatic heterocycles. The molecule has 1 unspecified atom stereocenters. The fourth-order valence-corrected chi connectivity index (χ4v) is 3.06. The van der Waals surface area contributed by atoms with E-state index in [1.807, 2.05) is 44.2 Å². The number of aliphatic hydroxyl groups is 1. The maximum Gasteiger partial charge on any atom is 0.414 e. The number of piperidine rings is 1. The molecule has 1 aromatic carbocycles. The quantitative estimate of drug-likeness (QED) is 0.925. The third-order valence-electron chi connectivity index (χ3n) is 4.64. The first kappa shape index (κ1) is 17.8. The lowest BCUT2D eigenvalue weighted by Crippen LogP contribution is -2.49. The van der Waals surface area contributed by atoms with Crippen LogP contribution in [0.15, 0.2) is 30.3 Å². The Bertz CT molecular complexity index is 535. The number of hydrogen-bond acceptors (Lipinski definition) is 2. The van der Waals surface area contributed by atoms with Gasteiger partial charge in [-0.3, -0.25) is 4.79 Å². The summed E-state index contributed by atoms with van der Waals surface area (Å²) < 4.78 is 37.7. The zero-order valence-corrected chi connectivity index (χ0v) is 13.3. The summed E-state index contributed by atoms with van der Waals surface area (Å²) >= 11 is 0. The third-order valence-corrected chi connectivity index (χ3v) is 4.64. The van der Waals surface area contributed by atoms with Crippen molar-refractivity contribution in [3.8, 4) is 0 Å². The lowest BCUT2D eigenvalue weighted by atomic mass is 9.82. The monoisotopic (exact) mass is 329 g/mol. The van der Waals surface area contributed by atoms with Gasteiger partial charge in [0.2, 0.25) is 5.91 Å². The van der Waals surface area contributed by atoms with Crippen molar-refractivity contribution in [1.29, 1.82) is 0 Å². The van der Waals surface area contributed by atoms with E-state index >= 15 is 0 Å². The van der Waals surface area contributed by atoms with Crippen LogP contribution in [0.5, 0.6) is 0 Å². The molecule has 2 rings (SSSR count). The van der Waals surface area contributed by atoms with E-state index in [1.165, 1.54) is 0 Å². The van der Waals surface area contributed by atoms with Gasteiger partial charge in [0.1, 0.15) is 0 Å². The van der Waals surface area contributed by atoms with Crippen LogP contribution in [0.1, 0.15) is 32.3 Å². The van der Waals surface area contributed by atoms with Crippen molar-refractivity contribution >= 4 is 5.91 Å². The summed E-state index contributed by atoms with van der Waals surface area (Å²) in [5.74, 6) is -0.928. The predicted molar refractivity (Wildman–Crippen MR) is 80.8 cm³/mol. The molecule has 0 saturated carbocycles. The minimum Gasteiger partial charge on any atom is -0.383 e. The fraction of sp³-hybridized carbons (Fsp3) is 0.588. The van der Waals surface area contributed by atoms with Crippen LogP contribution in [-0.2, 0) is 10.2 Å². The molecule has 23 heavy (non-hydrogen) atoms. The number of carbonyl (C=O) groups excluding carboxylic acids is 1. The highest BCUT2D eigenvalue weighted by Gasteiger charge is 2.45. The van der Waals surface area contributed by atoms with Crippen LogP contribution < -0.4 is 0 Å². The fourth-order valence-electron chi connectivity index (χ4n) is 3.06. The molecule has 128 valence electrons. The number of hydrogen-bond donors (Lipinski definition) is 1. The second-order valence-electron chi connectivity index (χ2n) is 6.61. The van der Waals surface area contributed by atoms with Crippen LogP contribution >= 0.6 is 0 Å². The van der Waals surface area contributed by atoms with Crippen molar-refractivity contribution < 1.29 is 23.1 Å². The smallest absolute Gasteiger partial charge is 0.383 e. The highest BCUT2D eigenvalue weighted by Crippen LogP contribution is 2.33. The van der Waals surface area contributed by atoms with Crippen molar-refractivity contribution in [2.24, 2.45) is 5.92 Å². The van der Waals surface area contributed by atoms with Crippen molar-refractivity contribution in [2.75, 3.05) is 13.1 Å². The van der Waals surface area contributed by atoms with Gasteiger partial charge in [0, 0.05) is 13.1 Å². The van der Waals surface area contributed by atoms with E-state index in [9.17, 15) is 23.1 Å². The van der Waals surface area contributed by atoms with E-state index in [4.69, 9.17) is 0 Å². The van der Waals surface area contributed by atoms with E-state index in [2.05, 4.69) is 0 Å². The van der Waals surface area contributed by atoms with Gasteiger partial charge >= 0.3 is 6.18 Å². The molecule has 1 heterocycles. The van der Waals surface area contributed by atoms with Crippen molar-refractivity contribution in [3.63, 3.8) is 0 Å². The topological polar surface area (TPSA) is 40.5 Å². The van der Waals surface area contributed by atoms with Crippen LogP contribution in [0.2, 0.25) is 0 Å².